The molecule has 2 N–H and O–H groups in total. The zero-order chi connectivity index (χ0) is 13.3. The van der Waals surface area contributed by atoms with Crippen LogP contribution in [0.4, 0.5) is 0 Å². The smallest absolute Gasteiger partial charge is 0.220 e. The van der Waals surface area contributed by atoms with Gasteiger partial charge in [-0.3, -0.25) is 4.79 Å². The third kappa shape index (κ3) is 2.16. The maximum atomic E-state index is 11.7. The standard InChI is InChI=1S/C16H22N2O/c1-17-15(19)10-12-11-16(6-8-18-9-7-16)14-5-3-2-4-13(12)14/h2-5,12,18H,6-11H2,1H3,(H,17,19). The van der Waals surface area contributed by atoms with Crippen molar-refractivity contribution in [1.82, 2.24) is 10.6 Å². The molecular formula is C16H22N2O. The van der Waals surface area contributed by atoms with Crippen LogP contribution in [0.5, 0.6) is 0 Å². The van der Waals surface area contributed by atoms with E-state index in [1.54, 1.807) is 7.05 Å². The molecule has 102 valence electrons. The number of hydrogen-bond acceptors (Lipinski definition) is 2. The van der Waals surface area contributed by atoms with E-state index in [9.17, 15) is 4.79 Å². The van der Waals surface area contributed by atoms with E-state index in [0.29, 0.717) is 17.8 Å². The van der Waals surface area contributed by atoms with E-state index >= 15 is 0 Å². The van der Waals surface area contributed by atoms with Gasteiger partial charge in [-0.05, 0) is 54.8 Å². The SMILES string of the molecule is CNC(=O)CC1CC2(CCNCC2)c2ccccc21. The van der Waals surface area contributed by atoms with Crippen molar-refractivity contribution in [2.75, 3.05) is 20.1 Å². The zero-order valence-corrected chi connectivity index (χ0v) is 11.5. The quantitative estimate of drug-likeness (QED) is 0.851. The minimum Gasteiger partial charge on any atom is -0.359 e. The first kappa shape index (κ1) is 12.7. The highest BCUT2D eigenvalue weighted by molar-refractivity contribution is 5.77. The van der Waals surface area contributed by atoms with Crippen molar-refractivity contribution < 1.29 is 4.79 Å². The summed E-state index contributed by atoms with van der Waals surface area (Å²) in [4.78, 5) is 11.7. The second-order valence-electron chi connectivity index (χ2n) is 5.90. The fraction of sp³-hybridized carbons (Fsp3) is 0.562. The Bertz CT molecular complexity index is 477. The van der Waals surface area contributed by atoms with Crippen molar-refractivity contribution in [2.45, 2.75) is 37.0 Å². The van der Waals surface area contributed by atoms with E-state index < -0.39 is 0 Å². The molecule has 1 aromatic rings. The van der Waals surface area contributed by atoms with Gasteiger partial charge < -0.3 is 10.6 Å². The molecule has 0 radical (unpaired) electrons. The molecule has 1 unspecified atom stereocenters. The minimum atomic E-state index is 0.158. The summed E-state index contributed by atoms with van der Waals surface area (Å²) in [6.45, 7) is 2.20. The van der Waals surface area contributed by atoms with Crippen LogP contribution in [0.3, 0.4) is 0 Å². The van der Waals surface area contributed by atoms with Crippen molar-refractivity contribution in [1.29, 1.82) is 0 Å². The summed E-state index contributed by atoms with van der Waals surface area (Å²) in [6.07, 6.45) is 4.17. The van der Waals surface area contributed by atoms with Crippen LogP contribution >= 0.6 is 0 Å². The summed E-state index contributed by atoms with van der Waals surface area (Å²) in [5.41, 5.74) is 3.24. The molecule has 1 aromatic carbocycles. The van der Waals surface area contributed by atoms with Gasteiger partial charge in [0, 0.05) is 13.5 Å². The Morgan fingerprint density at radius 2 is 2.11 bits per heavy atom. The first-order valence-corrected chi connectivity index (χ1v) is 7.26. The molecule has 0 bridgehead atoms. The molecule has 19 heavy (non-hydrogen) atoms. The lowest BCUT2D eigenvalue weighted by Crippen LogP contribution is -2.38. The minimum absolute atomic E-state index is 0.158. The van der Waals surface area contributed by atoms with E-state index in [1.165, 1.54) is 24.0 Å². The summed E-state index contributed by atoms with van der Waals surface area (Å²) in [5, 5.41) is 6.22. The zero-order valence-electron chi connectivity index (χ0n) is 11.5. The first-order chi connectivity index (χ1) is 9.25. The van der Waals surface area contributed by atoms with Crippen molar-refractivity contribution in [3.63, 3.8) is 0 Å². The van der Waals surface area contributed by atoms with Gasteiger partial charge >= 0.3 is 0 Å². The highest BCUT2D eigenvalue weighted by Gasteiger charge is 2.44. The van der Waals surface area contributed by atoms with Gasteiger partial charge in [0.1, 0.15) is 0 Å². The van der Waals surface area contributed by atoms with Crippen LogP contribution in [0.2, 0.25) is 0 Å². The van der Waals surface area contributed by atoms with Crippen molar-refractivity contribution in [2.24, 2.45) is 0 Å². The number of amides is 1. The fourth-order valence-electron chi connectivity index (χ4n) is 3.91. The molecule has 3 heteroatoms. The van der Waals surface area contributed by atoms with Gasteiger partial charge in [0.25, 0.3) is 0 Å². The molecule has 1 saturated heterocycles. The number of hydrogen-bond donors (Lipinski definition) is 2. The molecule has 1 aliphatic heterocycles. The normalized spacial score (nSPS) is 24.2. The maximum Gasteiger partial charge on any atom is 0.220 e. The lowest BCUT2D eigenvalue weighted by atomic mass is 9.73. The summed E-state index contributed by atoms with van der Waals surface area (Å²) < 4.78 is 0. The van der Waals surface area contributed by atoms with Crippen LogP contribution in [0.1, 0.15) is 42.7 Å². The van der Waals surface area contributed by atoms with E-state index in [1.807, 2.05) is 0 Å². The van der Waals surface area contributed by atoms with Gasteiger partial charge in [0.2, 0.25) is 5.91 Å². The number of carbonyl (C=O) groups is 1. The average molecular weight is 258 g/mol. The van der Waals surface area contributed by atoms with Crippen molar-refractivity contribution in [3.05, 3.63) is 35.4 Å². The van der Waals surface area contributed by atoms with E-state index in [0.717, 1.165) is 19.5 Å². The lowest BCUT2D eigenvalue weighted by molar-refractivity contribution is -0.121. The molecule has 0 aromatic heterocycles. The van der Waals surface area contributed by atoms with Crippen LogP contribution in [-0.4, -0.2) is 26.0 Å². The van der Waals surface area contributed by atoms with Crippen LogP contribution in [0, 0.1) is 0 Å². The Hall–Kier alpha value is -1.35. The maximum absolute atomic E-state index is 11.7. The van der Waals surface area contributed by atoms with E-state index in [2.05, 4.69) is 34.9 Å². The summed E-state index contributed by atoms with van der Waals surface area (Å²) in [5.74, 6) is 0.556. The third-order valence-corrected chi connectivity index (χ3v) is 4.88. The molecule has 1 atom stereocenters. The summed E-state index contributed by atoms with van der Waals surface area (Å²) in [6, 6.07) is 8.75. The number of rotatable bonds is 2. The van der Waals surface area contributed by atoms with Gasteiger partial charge in [0.05, 0.1) is 0 Å². The topological polar surface area (TPSA) is 41.1 Å². The molecule has 1 heterocycles. The second-order valence-corrected chi connectivity index (χ2v) is 5.90. The van der Waals surface area contributed by atoms with E-state index in [-0.39, 0.29) is 5.91 Å². The predicted octanol–water partition coefficient (Wildman–Crippen LogP) is 1.93. The third-order valence-electron chi connectivity index (χ3n) is 4.88. The first-order valence-electron chi connectivity index (χ1n) is 7.26. The largest absolute Gasteiger partial charge is 0.359 e. The monoisotopic (exact) mass is 258 g/mol. The van der Waals surface area contributed by atoms with Crippen molar-refractivity contribution in [3.8, 4) is 0 Å². The Morgan fingerprint density at radius 3 is 2.84 bits per heavy atom. The molecule has 3 nitrogen and oxygen atoms in total. The van der Waals surface area contributed by atoms with Crippen LogP contribution < -0.4 is 10.6 Å². The highest BCUT2D eigenvalue weighted by atomic mass is 16.1. The van der Waals surface area contributed by atoms with Gasteiger partial charge in [-0.1, -0.05) is 24.3 Å². The average Bonchev–Trinajstić information content (AvgIpc) is 2.74. The highest BCUT2D eigenvalue weighted by Crippen LogP contribution is 2.51. The molecule has 0 saturated carbocycles. The molecule has 2 aliphatic rings. The molecule has 3 rings (SSSR count). The number of benzene rings is 1. The van der Waals surface area contributed by atoms with E-state index in [4.69, 9.17) is 0 Å². The van der Waals surface area contributed by atoms with Crippen LogP contribution in [0.25, 0.3) is 0 Å². The second kappa shape index (κ2) is 4.97. The Kier molecular flexibility index (Phi) is 3.31. The van der Waals surface area contributed by atoms with Gasteiger partial charge in [0.15, 0.2) is 0 Å². The Balaban J connectivity index is 1.92. The molecule has 1 amide bonds. The Labute approximate surface area is 114 Å². The number of fused-ring (bicyclic) bond motifs is 2. The fourth-order valence-corrected chi connectivity index (χ4v) is 3.91. The number of nitrogens with one attached hydrogen (secondary N) is 2. The van der Waals surface area contributed by atoms with Crippen LogP contribution in [-0.2, 0) is 10.2 Å². The molecule has 1 fully saturated rings. The number of carbonyl (C=O) groups excluding carboxylic acids is 1. The molecular weight excluding hydrogens is 236 g/mol. The van der Waals surface area contributed by atoms with Crippen LogP contribution in [0.15, 0.2) is 24.3 Å². The summed E-state index contributed by atoms with van der Waals surface area (Å²) >= 11 is 0. The molecule has 1 aliphatic carbocycles. The lowest BCUT2D eigenvalue weighted by Gasteiger charge is -2.35. The van der Waals surface area contributed by atoms with Crippen molar-refractivity contribution >= 4 is 5.91 Å². The van der Waals surface area contributed by atoms with Gasteiger partial charge in [-0.2, -0.15) is 0 Å². The summed E-state index contributed by atoms with van der Waals surface area (Å²) in [7, 11) is 1.73. The number of piperidine rings is 1. The predicted molar refractivity (Wildman–Crippen MR) is 76.3 cm³/mol. The van der Waals surface area contributed by atoms with Gasteiger partial charge in [-0.25, -0.2) is 0 Å². The Morgan fingerprint density at radius 1 is 1.37 bits per heavy atom. The van der Waals surface area contributed by atoms with Gasteiger partial charge in [-0.15, -0.1) is 0 Å². The molecule has 1 spiro atoms.